The Hall–Kier alpha value is -0.110. The lowest BCUT2D eigenvalue weighted by atomic mass is 10.3. The van der Waals surface area contributed by atoms with Gasteiger partial charge in [-0.15, -0.1) is 0 Å². The van der Waals surface area contributed by atoms with Crippen molar-refractivity contribution in [3.63, 3.8) is 0 Å². The fourth-order valence-electron chi connectivity index (χ4n) is 1.04. The lowest BCUT2D eigenvalue weighted by Crippen LogP contribution is -2.19. The number of rotatable bonds is 4. The van der Waals surface area contributed by atoms with Gasteiger partial charge >= 0.3 is 0 Å². The van der Waals surface area contributed by atoms with Crippen LogP contribution < -0.4 is 5.32 Å². The minimum Gasteiger partial charge on any atom is -0.314 e. The van der Waals surface area contributed by atoms with Crippen LogP contribution in [0.5, 0.6) is 0 Å². The minimum atomic E-state index is -0.235. The summed E-state index contributed by atoms with van der Waals surface area (Å²) in [6.07, 6.45) is 1.33. The lowest BCUT2D eigenvalue weighted by molar-refractivity contribution is 0.460. The van der Waals surface area contributed by atoms with Gasteiger partial charge in [-0.05, 0) is 24.8 Å². The van der Waals surface area contributed by atoms with E-state index in [9.17, 15) is 4.39 Å². The summed E-state index contributed by atoms with van der Waals surface area (Å²) in [5.74, 6) is 1.73. The van der Waals surface area contributed by atoms with Crippen LogP contribution in [-0.4, -0.2) is 19.8 Å². The molecule has 0 saturated heterocycles. The lowest BCUT2D eigenvalue weighted by Gasteiger charge is -1.97. The van der Waals surface area contributed by atoms with Crippen molar-refractivity contribution >= 4 is 0 Å². The van der Waals surface area contributed by atoms with Crippen LogP contribution in [0, 0.1) is 11.8 Å². The topological polar surface area (TPSA) is 12.0 Å². The fraction of sp³-hybridized carbons (Fsp3) is 1.00. The molecule has 0 amide bonds. The third kappa shape index (κ3) is 2.31. The van der Waals surface area contributed by atoms with Gasteiger partial charge in [0.05, 0.1) is 0 Å². The van der Waals surface area contributed by atoms with Crippen LogP contribution in [0.2, 0.25) is 0 Å². The molecule has 1 aliphatic carbocycles. The van der Waals surface area contributed by atoms with E-state index in [0.717, 1.165) is 18.4 Å². The van der Waals surface area contributed by atoms with Gasteiger partial charge in [-0.25, -0.2) is 4.39 Å². The highest BCUT2D eigenvalue weighted by molar-refractivity contribution is 4.83. The standard InChI is InChI=1S/C7H14FN/c1-6-4-7(6)5-9-3-2-8/h6-7,9H,2-5H2,1H3/t6?,7-/m0/s1. The van der Waals surface area contributed by atoms with Gasteiger partial charge < -0.3 is 5.32 Å². The van der Waals surface area contributed by atoms with Crippen LogP contribution in [0.3, 0.4) is 0 Å². The zero-order valence-corrected chi connectivity index (χ0v) is 5.86. The first-order valence-electron chi connectivity index (χ1n) is 3.61. The average Bonchev–Trinajstić information content (AvgIpc) is 2.48. The third-order valence-corrected chi connectivity index (χ3v) is 1.95. The molecule has 0 aromatic carbocycles. The molecule has 0 bridgehead atoms. The first-order chi connectivity index (χ1) is 4.34. The summed E-state index contributed by atoms with van der Waals surface area (Å²) < 4.78 is 11.5. The Morgan fingerprint density at radius 1 is 1.67 bits per heavy atom. The van der Waals surface area contributed by atoms with Gasteiger partial charge in [-0.2, -0.15) is 0 Å². The van der Waals surface area contributed by atoms with Gasteiger partial charge in [0.1, 0.15) is 6.67 Å². The normalized spacial score (nSPS) is 32.7. The van der Waals surface area contributed by atoms with Crippen molar-refractivity contribution < 1.29 is 4.39 Å². The van der Waals surface area contributed by atoms with Gasteiger partial charge in [0.15, 0.2) is 0 Å². The largest absolute Gasteiger partial charge is 0.314 e. The maximum absolute atomic E-state index is 11.5. The van der Waals surface area contributed by atoms with Crippen LogP contribution in [-0.2, 0) is 0 Å². The predicted octanol–water partition coefficient (Wildman–Crippen LogP) is 1.20. The Kier molecular flexibility index (Phi) is 2.46. The Morgan fingerprint density at radius 3 is 2.78 bits per heavy atom. The minimum absolute atomic E-state index is 0.235. The quantitative estimate of drug-likeness (QED) is 0.565. The van der Waals surface area contributed by atoms with E-state index in [1.54, 1.807) is 0 Å². The predicted molar refractivity (Wildman–Crippen MR) is 36.1 cm³/mol. The van der Waals surface area contributed by atoms with Crippen molar-refractivity contribution in [1.82, 2.24) is 5.32 Å². The highest BCUT2D eigenvalue weighted by Gasteiger charge is 2.31. The second-order valence-corrected chi connectivity index (χ2v) is 2.87. The van der Waals surface area contributed by atoms with Gasteiger partial charge in [0.2, 0.25) is 0 Å². The molecular weight excluding hydrogens is 117 g/mol. The first kappa shape index (κ1) is 7.00. The van der Waals surface area contributed by atoms with Gasteiger partial charge in [-0.3, -0.25) is 0 Å². The number of hydrogen-bond acceptors (Lipinski definition) is 1. The second kappa shape index (κ2) is 3.16. The molecule has 1 saturated carbocycles. The number of alkyl halides is 1. The summed E-state index contributed by atoms with van der Waals surface area (Å²) in [4.78, 5) is 0. The molecule has 0 aliphatic heterocycles. The second-order valence-electron chi connectivity index (χ2n) is 2.87. The van der Waals surface area contributed by atoms with Gasteiger partial charge in [0.25, 0.3) is 0 Å². The Balaban J connectivity index is 1.83. The van der Waals surface area contributed by atoms with Crippen molar-refractivity contribution in [2.45, 2.75) is 13.3 Å². The molecule has 1 unspecified atom stereocenters. The van der Waals surface area contributed by atoms with Gasteiger partial charge in [0, 0.05) is 6.54 Å². The number of hydrogen-bond donors (Lipinski definition) is 1. The molecule has 9 heavy (non-hydrogen) atoms. The summed E-state index contributed by atoms with van der Waals surface area (Å²) >= 11 is 0. The van der Waals surface area contributed by atoms with E-state index in [1.807, 2.05) is 0 Å². The SMILES string of the molecule is CC1C[C@H]1CNCCF. The molecule has 1 aliphatic rings. The van der Waals surface area contributed by atoms with Crippen LogP contribution >= 0.6 is 0 Å². The van der Waals surface area contributed by atoms with Crippen LogP contribution in [0.4, 0.5) is 4.39 Å². The molecule has 0 aromatic rings. The van der Waals surface area contributed by atoms with E-state index in [-0.39, 0.29) is 6.67 Å². The molecule has 0 aromatic heterocycles. The molecule has 2 heteroatoms. The van der Waals surface area contributed by atoms with Crippen molar-refractivity contribution in [3.8, 4) is 0 Å². The molecule has 1 N–H and O–H groups in total. The first-order valence-corrected chi connectivity index (χ1v) is 3.61. The monoisotopic (exact) mass is 131 g/mol. The van der Waals surface area contributed by atoms with Crippen LogP contribution in [0.1, 0.15) is 13.3 Å². The smallest absolute Gasteiger partial charge is 0.102 e. The van der Waals surface area contributed by atoms with E-state index < -0.39 is 0 Å². The number of halogens is 1. The summed E-state index contributed by atoms with van der Waals surface area (Å²) in [7, 11) is 0. The summed E-state index contributed by atoms with van der Waals surface area (Å²) in [5, 5.41) is 3.05. The molecule has 1 fully saturated rings. The van der Waals surface area contributed by atoms with E-state index in [2.05, 4.69) is 12.2 Å². The maximum Gasteiger partial charge on any atom is 0.102 e. The molecule has 54 valence electrons. The van der Waals surface area contributed by atoms with E-state index in [4.69, 9.17) is 0 Å². The Labute approximate surface area is 55.6 Å². The fourth-order valence-corrected chi connectivity index (χ4v) is 1.04. The zero-order chi connectivity index (χ0) is 6.69. The average molecular weight is 131 g/mol. The summed E-state index contributed by atoms with van der Waals surface area (Å²) in [6.45, 7) is 3.55. The molecule has 0 heterocycles. The molecule has 0 radical (unpaired) electrons. The maximum atomic E-state index is 11.5. The van der Waals surface area contributed by atoms with Crippen LogP contribution in [0.15, 0.2) is 0 Å². The Morgan fingerprint density at radius 2 is 2.33 bits per heavy atom. The van der Waals surface area contributed by atoms with E-state index in [1.165, 1.54) is 6.42 Å². The highest BCUT2D eigenvalue weighted by atomic mass is 19.1. The zero-order valence-electron chi connectivity index (χ0n) is 5.86. The summed E-state index contributed by atoms with van der Waals surface area (Å²) in [6, 6.07) is 0. The molecular formula is C7H14FN. The van der Waals surface area contributed by atoms with Gasteiger partial charge in [-0.1, -0.05) is 6.92 Å². The molecule has 0 spiro atoms. The molecule has 2 atom stereocenters. The molecule has 1 rings (SSSR count). The van der Waals surface area contributed by atoms with E-state index >= 15 is 0 Å². The molecule has 1 nitrogen and oxygen atoms in total. The van der Waals surface area contributed by atoms with Crippen molar-refractivity contribution in [1.29, 1.82) is 0 Å². The van der Waals surface area contributed by atoms with Crippen molar-refractivity contribution in [2.24, 2.45) is 11.8 Å². The Bertz CT molecular complexity index is 85.0. The van der Waals surface area contributed by atoms with E-state index in [0.29, 0.717) is 6.54 Å². The van der Waals surface area contributed by atoms with Crippen LogP contribution in [0.25, 0.3) is 0 Å². The van der Waals surface area contributed by atoms with Crippen molar-refractivity contribution in [2.75, 3.05) is 19.8 Å². The number of nitrogens with one attached hydrogen (secondary N) is 1. The highest BCUT2D eigenvalue weighted by Crippen LogP contribution is 2.36. The van der Waals surface area contributed by atoms with Crippen molar-refractivity contribution in [3.05, 3.63) is 0 Å². The summed E-state index contributed by atoms with van der Waals surface area (Å²) in [5.41, 5.74) is 0. The third-order valence-electron chi connectivity index (χ3n) is 1.95.